The molecule has 0 aliphatic carbocycles. The maximum Gasteiger partial charge on any atom is 0.174 e. The van der Waals surface area contributed by atoms with E-state index in [1.807, 2.05) is 30.3 Å². The lowest BCUT2D eigenvalue weighted by atomic mass is 9.90. The number of carbonyl (C=O) groups is 1. The number of aldehydes is 1. The lowest BCUT2D eigenvalue weighted by molar-refractivity contribution is 0.112. The molecule has 2 rings (SSSR count). The van der Waals surface area contributed by atoms with Crippen LogP contribution in [0.4, 0.5) is 4.39 Å². The van der Waals surface area contributed by atoms with Crippen molar-refractivity contribution in [1.82, 2.24) is 0 Å². The molecule has 0 bridgehead atoms. The second-order valence-electron chi connectivity index (χ2n) is 4.00. The van der Waals surface area contributed by atoms with Crippen molar-refractivity contribution < 1.29 is 13.9 Å². The first-order valence-electron chi connectivity index (χ1n) is 5.63. The third-order valence-corrected chi connectivity index (χ3v) is 2.72. The van der Waals surface area contributed by atoms with Crippen LogP contribution < -0.4 is 10.2 Å². The van der Waals surface area contributed by atoms with Crippen LogP contribution in [0.1, 0.15) is 15.9 Å². The van der Waals surface area contributed by atoms with Gasteiger partial charge in [-0.05, 0) is 11.6 Å². The summed E-state index contributed by atoms with van der Waals surface area (Å²) in [5, 5.41) is 0. The highest BCUT2D eigenvalue weighted by atomic mass is 19.1. The average molecular weight is 242 g/mol. The zero-order valence-corrected chi connectivity index (χ0v) is 10.0. The van der Waals surface area contributed by atoms with Crippen LogP contribution in [0.3, 0.4) is 0 Å². The van der Waals surface area contributed by atoms with Crippen molar-refractivity contribution >= 4 is 19.6 Å². The topological polar surface area (TPSA) is 26.3 Å². The second kappa shape index (κ2) is 5.49. The molecule has 2 nitrogen and oxygen atoms in total. The minimum atomic E-state index is -0.596. The summed E-state index contributed by atoms with van der Waals surface area (Å²) in [5.74, 6) is -0.493. The quantitative estimate of drug-likeness (QED) is 0.599. The molecule has 4 heteroatoms. The number of halogens is 1. The van der Waals surface area contributed by atoms with Gasteiger partial charge in [0.25, 0.3) is 0 Å². The van der Waals surface area contributed by atoms with Crippen molar-refractivity contribution in [2.75, 3.05) is 0 Å². The van der Waals surface area contributed by atoms with Gasteiger partial charge in [-0.2, -0.15) is 0 Å². The summed E-state index contributed by atoms with van der Waals surface area (Å²) in [6.45, 7) is 0.277. The molecular weight excluding hydrogens is 230 g/mol. The van der Waals surface area contributed by atoms with Gasteiger partial charge in [0.2, 0.25) is 0 Å². The van der Waals surface area contributed by atoms with Crippen LogP contribution >= 0.6 is 0 Å². The molecule has 0 atom stereocenters. The van der Waals surface area contributed by atoms with Gasteiger partial charge in [0.1, 0.15) is 14.5 Å². The molecule has 0 unspecified atom stereocenters. The highest BCUT2D eigenvalue weighted by Gasteiger charge is 2.11. The first-order chi connectivity index (χ1) is 8.72. The Hall–Kier alpha value is -2.10. The fourth-order valence-electron chi connectivity index (χ4n) is 1.66. The minimum Gasteiger partial charge on any atom is -0.486 e. The lowest BCUT2D eigenvalue weighted by Gasteiger charge is -2.09. The summed E-state index contributed by atoms with van der Waals surface area (Å²) in [4.78, 5) is 10.8. The van der Waals surface area contributed by atoms with E-state index in [1.54, 1.807) is 20.0 Å². The van der Waals surface area contributed by atoms with Crippen molar-refractivity contribution in [3.05, 3.63) is 59.4 Å². The van der Waals surface area contributed by atoms with Crippen molar-refractivity contribution in [3.63, 3.8) is 0 Å². The Morgan fingerprint density at radius 1 is 1.17 bits per heavy atom. The predicted molar refractivity (Wildman–Crippen MR) is 70.7 cm³/mol. The van der Waals surface area contributed by atoms with E-state index in [-0.39, 0.29) is 17.9 Å². The van der Waals surface area contributed by atoms with Crippen LogP contribution in [-0.2, 0) is 6.61 Å². The first kappa shape index (κ1) is 12.4. The van der Waals surface area contributed by atoms with Gasteiger partial charge >= 0.3 is 0 Å². The molecular formula is C14H12BFO2. The summed E-state index contributed by atoms with van der Waals surface area (Å²) >= 11 is 0. The maximum absolute atomic E-state index is 13.9. The van der Waals surface area contributed by atoms with Gasteiger partial charge in [0.15, 0.2) is 17.9 Å². The van der Waals surface area contributed by atoms with Gasteiger partial charge in [-0.15, -0.1) is 0 Å². The van der Waals surface area contributed by atoms with E-state index in [0.29, 0.717) is 11.7 Å². The van der Waals surface area contributed by atoms with Crippen molar-refractivity contribution in [2.24, 2.45) is 0 Å². The number of ether oxygens (including phenoxy) is 1. The Bertz CT molecular complexity index is 555. The van der Waals surface area contributed by atoms with Crippen LogP contribution in [0.5, 0.6) is 5.75 Å². The van der Waals surface area contributed by atoms with Crippen molar-refractivity contribution in [1.29, 1.82) is 0 Å². The normalized spacial score (nSPS) is 10.1. The van der Waals surface area contributed by atoms with Gasteiger partial charge in [-0.1, -0.05) is 41.9 Å². The van der Waals surface area contributed by atoms with E-state index in [2.05, 4.69) is 0 Å². The van der Waals surface area contributed by atoms with Gasteiger partial charge in [0.05, 0.1) is 0 Å². The van der Waals surface area contributed by atoms with Crippen molar-refractivity contribution in [2.45, 2.75) is 6.61 Å². The standard InChI is InChI=1S/C14H12BFO2/c15-12-6-7-13(14(16)11(12)8-17)18-9-10-4-2-1-3-5-10/h1-8H,9,15H2. The number of carbonyl (C=O) groups excluding carboxylic acids is 1. The zero-order valence-electron chi connectivity index (χ0n) is 10.0. The Morgan fingerprint density at radius 3 is 2.56 bits per heavy atom. The fourth-order valence-corrected chi connectivity index (χ4v) is 1.66. The van der Waals surface area contributed by atoms with Crippen LogP contribution in [0.2, 0.25) is 0 Å². The largest absolute Gasteiger partial charge is 0.486 e. The summed E-state index contributed by atoms with van der Waals surface area (Å²) < 4.78 is 19.3. The highest BCUT2D eigenvalue weighted by Crippen LogP contribution is 2.19. The summed E-state index contributed by atoms with van der Waals surface area (Å²) in [5.41, 5.74) is 1.61. The molecule has 2 aromatic rings. The summed E-state index contributed by atoms with van der Waals surface area (Å²) in [7, 11) is 1.69. The number of hydrogen-bond acceptors (Lipinski definition) is 2. The predicted octanol–water partition coefficient (Wildman–Crippen LogP) is 1.48. The van der Waals surface area contributed by atoms with Crippen LogP contribution in [0, 0.1) is 5.82 Å². The third kappa shape index (κ3) is 2.59. The van der Waals surface area contributed by atoms with Crippen molar-refractivity contribution in [3.8, 4) is 5.75 Å². The number of rotatable bonds is 4. The monoisotopic (exact) mass is 242 g/mol. The van der Waals surface area contributed by atoms with E-state index in [1.165, 1.54) is 0 Å². The molecule has 0 aromatic heterocycles. The zero-order chi connectivity index (χ0) is 13.0. The van der Waals surface area contributed by atoms with Crippen LogP contribution in [0.25, 0.3) is 0 Å². The first-order valence-corrected chi connectivity index (χ1v) is 5.63. The molecule has 90 valence electrons. The SMILES string of the molecule is Bc1ccc(OCc2ccccc2)c(F)c1C=O. The summed E-state index contributed by atoms with van der Waals surface area (Å²) in [6.07, 6.45) is 0.514. The van der Waals surface area contributed by atoms with E-state index >= 15 is 0 Å². The number of benzene rings is 2. The molecule has 0 aliphatic rings. The molecule has 0 aliphatic heterocycles. The molecule has 0 radical (unpaired) electrons. The van der Waals surface area contributed by atoms with Gasteiger partial charge in [-0.25, -0.2) is 4.39 Å². The molecule has 2 aromatic carbocycles. The molecule has 0 fully saturated rings. The maximum atomic E-state index is 13.9. The second-order valence-corrected chi connectivity index (χ2v) is 4.00. The molecule has 0 amide bonds. The van der Waals surface area contributed by atoms with E-state index in [9.17, 15) is 9.18 Å². The number of hydrogen-bond donors (Lipinski definition) is 0. The van der Waals surface area contributed by atoms with Crippen LogP contribution in [0.15, 0.2) is 42.5 Å². The Morgan fingerprint density at radius 2 is 1.89 bits per heavy atom. The highest BCUT2D eigenvalue weighted by molar-refractivity contribution is 6.35. The molecule has 0 N–H and O–H groups in total. The molecule has 0 heterocycles. The molecule has 0 spiro atoms. The Kier molecular flexibility index (Phi) is 3.77. The van der Waals surface area contributed by atoms with Gasteiger partial charge in [0, 0.05) is 5.56 Å². The lowest BCUT2D eigenvalue weighted by Crippen LogP contribution is -2.13. The summed E-state index contributed by atoms with van der Waals surface area (Å²) in [6, 6.07) is 12.7. The molecule has 0 saturated heterocycles. The van der Waals surface area contributed by atoms with E-state index in [4.69, 9.17) is 4.74 Å². The molecule has 18 heavy (non-hydrogen) atoms. The van der Waals surface area contributed by atoms with E-state index in [0.717, 1.165) is 5.56 Å². The smallest absolute Gasteiger partial charge is 0.174 e. The Labute approximate surface area is 106 Å². The third-order valence-electron chi connectivity index (χ3n) is 2.72. The van der Waals surface area contributed by atoms with Gasteiger partial charge in [-0.3, -0.25) is 4.79 Å². The average Bonchev–Trinajstić information content (AvgIpc) is 2.40. The fraction of sp³-hybridized carbons (Fsp3) is 0.0714. The van der Waals surface area contributed by atoms with E-state index < -0.39 is 5.82 Å². The van der Waals surface area contributed by atoms with Gasteiger partial charge < -0.3 is 4.74 Å². The molecule has 0 saturated carbocycles. The minimum absolute atomic E-state index is 0.0561. The van der Waals surface area contributed by atoms with Crippen LogP contribution in [-0.4, -0.2) is 14.1 Å². The Balaban J connectivity index is 2.18.